The fourth-order valence-corrected chi connectivity index (χ4v) is 3.59. The molecule has 8 heteroatoms. The second-order valence-electron chi connectivity index (χ2n) is 6.23. The molecule has 0 saturated carbocycles. The van der Waals surface area contributed by atoms with E-state index in [9.17, 15) is 9.59 Å². The van der Waals surface area contributed by atoms with Crippen molar-refractivity contribution in [2.24, 2.45) is 0 Å². The molecule has 1 aromatic carbocycles. The van der Waals surface area contributed by atoms with E-state index >= 15 is 0 Å². The number of hydrogen-bond donors (Lipinski definition) is 2. The number of benzene rings is 1. The summed E-state index contributed by atoms with van der Waals surface area (Å²) >= 11 is 1.03. The van der Waals surface area contributed by atoms with Crippen LogP contribution in [0.5, 0.6) is 0 Å². The molecule has 1 amide bonds. The van der Waals surface area contributed by atoms with E-state index in [1.807, 2.05) is 24.3 Å². The highest BCUT2D eigenvalue weighted by Gasteiger charge is 2.19. The summed E-state index contributed by atoms with van der Waals surface area (Å²) in [6.45, 7) is 3.44. The number of esters is 1. The number of anilines is 3. The lowest BCUT2D eigenvalue weighted by molar-refractivity contribution is -0.119. The minimum absolute atomic E-state index is 0.230. The Morgan fingerprint density at radius 1 is 1.23 bits per heavy atom. The first kappa shape index (κ1) is 18.2. The summed E-state index contributed by atoms with van der Waals surface area (Å²) < 4.78 is 9.02. The molecule has 1 aliphatic heterocycles. The van der Waals surface area contributed by atoms with E-state index in [0.717, 1.165) is 30.3 Å². The molecule has 26 heavy (non-hydrogen) atoms. The van der Waals surface area contributed by atoms with Crippen molar-refractivity contribution in [1.82, 2.24) is 4.37 Å². The van der Waals surface area contributed by atoms with Gasteiger partial charge in [0.25, 0.3) is 5.91 Å². The monoisotopic (exact) mass is 374 g/mol. The van der Waals surface area contributed by atoms with Crippen LogP contribution in [0.25, 0.3) is 0 Å². The number of ether oxygens (including phenoxy) is 1. The van der Waals surface area contributed by atoms with Gasteiger partial charge in [-0.25, -0.2) is 4.79 Å². The van der Waals surface area contributed by atoms with Crippen molar-refractivity contribution in [1.29, 1.82) is 0 Å². The summed E-state index contributed by atoms with van der Waals surface area (Å²) in [4.78, 5) is 26.3. The summed E-state index contributed by atoms with van der Waals surface area (Å²) in [5.41, 5.74) is 8.26. The lowest BCUT2D eigenvalue weighted by atomic mass is 10.1. The van der Waals surface area contributed by atoms with Crippen molar-refractivity contribution in [3.05, 3.63) is 35.5 Å². The highest BCUT2D eigenvalue weighted by atomic mass is 32.1. The van der Waals surface area contributed by atoms with Crippen LogP contribution in [-0.4, -0.2) is 35.9 Å². The molecule has 2 aromatic rings. The van der Waals surface area contributed by atoms with Crippen molar-refractivity contribution in [2.75, 3.05) is 35.6 Å². The van der Waals surface area contributed by atoms with E-state index in [4.69, 9.17) is 10.5 Å². The van der Waals surface area contributed by atoms with Crippen LogP contribution < -0.4 is 16.0 Å². The first-order valence-corrected chi connectivity index (χ1v) is 9.35. The topological polar surface area (TPSA) is 97.5 Å². The van der Waals surface area contributed by atoms with Gasteiger partial charge in [-0.15, -0.1) is 0 Å². The summed E-state index contributed by atoms with van der Waals surface area (Å²) in [5.74, 6) is -1.03. The number of aromatic nitrogens is 1. The van der Waals surface area contributed by atoms with Crippen molar-refractivity contribution in [3.8, 4) is 0 Å². The van der Waals surface area contributed by atoms with Gasteiger partial charge in [0, 0.05) is 24.5 Å². The smallest absolute Gasteiger partial charge is 0.343 e. The van der Waals surface area contributed by atoms with E-state index in [0.29, 0.717) is 16.4 Å². The predicted octanol–water partition coefficient (Wildman–Crippen LogP) is 2.82. The summed E-state index contributed by atoms with van der Waals surface area (Å²) in [7, 11) is 0. The van der Waals surface area contributed by atoms with Crippen molar-refractivity contribution >= 4 is 39.8 Å². The fraction of sp³-hybridized carbons (Fsp3) is 0.389. The van der Waals surface area contributed by atoms with Crippen LogP contribution in [0.1, 0.15) is 35.3 Å². The maximum Gasteiger partial charge on any atom is 0.343 e. The Labute approximate surface area is 156 Å². The SMILES string of the molecule is Cc1nsc(N)c1C(=O)OCC(=O)Nc1ccc(N2CCCCC2)cc1. The lowest BCUT2D eigenvalue weighted by Crippen LogP contribution is -2.29. The number of carbonyl (C=O) groups excluding carboxylic acids is 2. The molecule has 0 bridgehead atoms. The zero-order valence-electron chi connectivity index (χ0n) is 14.7. The molecular weight excluding hydrogens is 352 g/mol. The molecule has 2 heterocycles. The van der Waals surface area contributed by atoms with Crippen LogP contribution >= 0.6 is 11.5 Å². The molecule has 7 nitrogen and oxygen atoms in total. The molecule has 0 unspecified atom stereocenters. The number of nitrogens with one attached hydrogen (secondary N) is 1. The molecule has 0 spiro atoms. The Kier molecular flexibility index (Phi) is 5.72. The minimum atomic E-state index is -0.635. The van der Waals surface area contributed by atoms with Gasteiger partial charge in [-0.2, -0.15) is 4.37 Å². The van der Waals surface area contributed by atoms with Gasteiger partial charge < -0.3 is 20.7 Å². The van der Waals surface area contributed by atoms with Crippen LogP contribution in [-0.2, 0) is 9.53 Å². The van der Waals surface area contributed by atoms with E-state index in [1.165, 1.54) is 19.3 Å². The third-order valence-electron chi connectivity index (χ3n) is 4.30. The Hall–Kier alpha value is -2.61. The molecule has 0 aliphatic carbocycles. The Morgan fingerprint density at radius 2 is 1.92 bits per heavy atom. The quantitative estimate of drug-likeness (QED) is 0.781. The van der Waals surface area contributed by atoms with Gasteiger partial charge in [0.1, 0.15) is 10.6 Å². The lowest BCUT2D eigenvalue weighted by Gasteiger charge is -2.28. The number of piperidine rings is 1. The van der Waals surface area contributed by atoms with Gasteiger partial charge in [-0.1, -0.05) is 0 Å². The molecular formula is C18H22N4O3S. The average Bonchev–Trinajstić information content (AvgIpc) is 2.99. The molecule has 3 N–H and O–H groups in total. The third kappa shape index (κ3) is 4.32. The standard InChI is InChI=1S/C18H22N4O3S/c1-12-16(17(19)26-21-12)18(24)25-11-15(23)20-13-5-7-14(8-6-13)22-9-3-2-4-10-22/h5-8H,2-4,9-11,19H2,1H3,(H,20,23). The molecule has 0 atom stereocenters. The predicted molar refractivity (Wildman–Crippen MR) is 103 cm³/mol. The number of aryl methyl sites for hydroxylation is 1. The van der Waals surface area contributed by atoms with Gasteiger partial charge in [0.05, 0.1) is 5.69 Å². The molecule has 138 valence electrons. The normalized spacial score (nSPS) is 14.1. The number of nitrogen functional groups attached to an aromatic ring is 1. The van der Waals surface area contributed by atoms with Crippen LogP contribution in [0.15, 0.2) is 24.3 Å². The van der Waals surface area contributed by atoms with Gasteiger partial charge in [-0.05, 0) is 62.0 Å². The molecule has 1 aromatic heterocycles. The number of rotatable bonds is 5. The van der Waals surface area contributed by atoms with Crippen LogP contribution in [0.3, 0.4) is 0 Å². The zero-order valence-corrected chi connectivity index (χ0v) is 15.5. The molecule has 1 fully saturated rings. The molecule has 0 radical (unpaired) electrons. The van der Waals surface area contributed by atoms with Gasteiger partial charge in [0.15, 0.2) is 6.61 Å². The van der Waals surface area contributed by atoms with Crippen molar-refractivity contribution in [2.45, 2.75) is 26.2 Å². The van der Waals surface area contributed by atoms with Crippen LogP contribution in [0.4, 0.5) is 16.4 Å². The average molecular weight is 374 g/mol. The first-order valence-electron chi connectivity index (χ1n) is 8.58. The van der Waals surface area contributed by atoms with Crippen LogP contribution in [0, 0.1) is 6.92 Å². The summed E-state index contributed by atoms with van der Waals surface area (Å²) in [5, 5.41) is 3.02. The second kappa shape index (κ2) is 8.18. The highest BCUT2D eigenvalue weighted by Crippen LogP contribution is 2.23. The highest BCUT2D eigenvalue weighted by molar-refractivity contribution is 7.10. The third-order valence-corrected chi connectivity index (χ3v) is 5.07. The zero-order chi connectivity index (χ0) is 18.5. The molecule has 1 saturated heterocycles. The fourth-order valence-electron chi connectivity index (χ4n) is 2.94. The van der Waals surface area contributed by atoms with E-state index in [2.05, 4.69) is 14.6 Å². The second-order valence-corrected chi connectivity index (χ2v) is 7.03. The van der Waals surface area contributed by atoms with Crippen molar-refractivity contribution < 1.29 is 14.3 Å². The van der Waals surface area contributed by atoms with Crippen LogP contribution in [0.2, 0.25) is 0 Å². The Bertz CT molecular complexity index is 763. The number of carbonyl (C=O) groups is 2. The molecule has 1 aliphatic rings. The number of hydrogen-bond acceptors (Lipinski definition) is 7. The minimum Gasteiger partial charge on any atom is -0.452 e. The Morgan fingerprint density at radius 3 is 2.54 bits per heavy atom. The number of amides is 1. The maximum absolute atomic E-state index is 12.0. The van der Waals surface area contributed by atoms with Gasteiger partial charge in [0.2, 0.25) is 0 Å². The van der Waals surface area contributed by atoms with Gasteiger partial charge in [-0.3, -0.25) is 4.79 Å². The summed E-state index contributed by atoms with van der Waals surface area (Å²) in [6.07, 6.45) is 3.72. The maximum atomic E-state index is 12.0. The van der Waals surface area contributed by atoms with E-state index < -0.39 is 11.9 Å². The van der Waals surface area contributed by atoms with Gasteiger partial charge >= 0.3 is 5.97 Å². The Balaban J connectivity index is 1.51. The number of nitrogens with zero attached hydrogens (tertiary/aromatic N) is 2. The molecule has 3 rings (SSSR count). The number of nitrogens with two attached hydrogens (primary N) is 1. The largest absolute Gasteiger partial charge is 0.452 e. The van der Waals surface area contributed by atoms with E-state index in [1.54, 1.807) is 6.92 Å². The first-order chi connectivity index (χ1) is 12.5. The summed E-state index contributed by atoms with van der Waals surface area (Å²) in [6, 6.07) is 7.70. The van der Waals surface area contributed by atoms with E-state index in [-0.39, 0.29) is 12.2 Å². The van der Waals surface area contributed by atoms with Crippen molar-refractivity contribution in [3.63, 3.8) is 0 Å².